The molecule has 37 heavy (non-hydrogen) atoms. The molecular formula is C30H32N2O5. The van der Waals surface area contributed by atoms with E-state index in [2.05, 4.69) is 42.3 Å². The fourth-order valence-corrected chi connectivity index (χ4v) is 3.78. The van der Waals surface area contributed by atoms with Gasteiger partial charge in [0, 0.05) is 24.3 Å². The Labute approximate surface area is 217 Å². The number of carboxylic acid groups (broad SMARTS) is 1. The predicted molar refractivity (Wildman–Crippen MR) is 143 cm³/mol. The minimum Gasteiger partial charge on any atom is -0.493 e. The monoisotopic (exact) mass is 500 g/mol. The smallest absolute Gasteiger partial charge is 0.314 e. The lowest BCUT2D eigenvalue weighted by Gasteiger charge is -2.15. The van der Waals surface area contributed by atoms with Gasteiger partial charge < -0.3 is 19.7 Å². The lowest BCUT2D eigenvalue weighted by molar-refractivity contribution is -0.140. The van der Waals surface area contributed by atoms with Gasteiger partial charge in [-0.05, 0) is 54.2 Å². The SMILES string of the molecule is Cc1c(COc2ccc(CN=CC(CO)C(=O)O)c(OCCCCC#N)c2)cccc1-c1ccccc1. The van der Waals surface area contributed by atoms with E-state index >= 15 is 0 Å². The summed E-state index contributed by atoms with van der Waals surface area (Å²) in [5, 5.41) is 27.0. The Morgan fingerprint density at radius 2 is 1.86 bits per heavy atom. The van der Waals surface area contributed by atoms with E-state index in [1.54, 1.807) is 0 Å². The molecule has 3 rings (SSSR count). The van der Waals surface area contributed by atoms with Gasteiger partial charge in [0.15, 0.2) is 0 Å². The summed E-state index contributed by atoms with van der Waals surface area (Å²) in [5.74, 6) is -0.941. The number of aliphatic carboxylic acids is 1. The van der Waals surface area contributed by atoms with Gasteiger partial charge in [-0.1, -0.05) is 48.5 Å². The lowest BCUT2D eigenvalue weighted by Crippen LogP contribution is -2.19. The van der Waals surface area contributed by atoms with Crippen LogP contribution in [0, 0.1) is 24.2 Å². The van der Waals surface area contributed by atoms with E-state index in [0.717, 1.165) is 35.1 Å². The fraction of sp³-hybridized carbons (Fsp3) is 0.300. The first-order valence-corrected chi connectivity index (χ1v) is 12.3. The van der Waals surface area contributed by atoms with Gasteiger partial charge in [-0.2, -0.15) is 5.26 Å². The Morgan fingerprint density at radius 3 is 2.59 bits per heavy atom. The van der Waals surface area contributed by atoms with Crippen molar-refractivity contribution in [3.63, 3.8) is 0 Å². The molecule has 0 aliphatic carbocycles. The molecule has 3 aromatic carbocycles. The number of nitrogens with zero attached hydrogens (tertiary/aromatic N) is 2. The van der Waals surface area contributed by atoms with Crippen LogP contribution in [0.15, 0.2) is 71.7 Å². The van der Waals surface area contributed by atoms with Crippen molar-refractivity contribution in [3.05, 3.63) is 83.4 Å². The van der Waals surface area contributed by atoms with Crippen LogP contribution >= 0.6 is 0 Å². The van der Waals surface area contributed by atoms with E-state index < -0.39 is 18.5 Å². The van der Waals surface area contributed by atoms with Gasteiger partial charge in [-0.25, -0.2) is 0 Å². The number of carboxylic acids is 1. The van der Waals surface area contributed by atoms with Crippen molar-refractivity contribution in [3.8, 4) is 28.7 Å². The predicted octanol–water partition coefficient (Wildman–Crippen LogP) is 5.58. The quantitative estimate of drug-likeness (QED) is 0.221. The van der Waals surface area contributed by atoms with E-state index in [0.29, 0.717) is 31.1 Å². The maximum Gasteiger partial charge on any atom is 0.314 e. The highest BCUT2D eigenvalue weighted by Crippen LogP contribution is 2.29. The normalized spacial score (nSPS) is 11.7. The molecule has 7 nitrogen and oxygen atoms in total. The molecule has 0 saturated carbocycles. The largest absolute Gasteiger partial charge is 0.493 e. The molecule has 0 aliphatic heterocycles. The molecule has 0 heterocycles. The number of aliphatic imine (C=N–C) groups is 1. The molecule has 1 atom stereocenters. The molecule has 0 fully saturated rings. The van der Waals surface area contributed by atoms with Crippen molar-refractivity contribution in [2.45, 2.75) is 39.3 Å². The van der Waals surface area contributed by atoms with E-state index in [4.69, 9.17) is 19.8 Å². The first-order chi connectivity index (χ1) is 18.0. The van der Waals surface area contributed by atoms with Crippen LogP contribution in [0.5, 0.6) is 11.5 Å². The van der Waals surface area contributed by atoms with Crippen LogP contribution in [0.4, 0.5) is 0 Å². The maximum atomic E-state index is 11.1. The molecular weight excluding hydrogens is 468 g/mol. The van der Waals surface area contributed by atoms with Crippen molar-refractivity contribution >= 4 is 12.2 Å². The summed E-state index contributed by atoms with van der Waals surface area (Å²) >= 11 is 0. The zero-order chi connectivity index (χ0) is 26.5. The second kappa shape index (κ2) is 14.4. The van der Waals surface area contributed by atoms with E-state index in [1.807, 2.05) is 42.5 Å². The number of hydrogen-bond donors (Lipinski definition) is 2. The average molecular weight is 501 g/mol. The average Bonchev–Trinajstić information content (AvgIpc) is 2.91. The Kier molecular flexibility index (Phi) is 10.7. The Balaban J connectivity index is 1.74. The number of unbranched alkanes of at least 4 members (excludes halogenated alkanes) is 2. The summed E-state index contributed by atoms with van der Waals surface area (Å²) in [4.78, 5) is 15.3. The van der Waals surface area contributed by atoms with Gasteiger partial charge >= 0.3 is 5.97 Å². The number of rotatable bonds is 14. The highest BCUT2D eigenvalue weighted by molar-refractivity contribution is 5.88. The molecule has 1 unspecified atom stereocenters. The van der Waals surface area contributed by atoms with E-state index in [-0.39, 0.29) is 6.54 Å². The van der Waals surface area contributed by atoms with Crippen LogP contribution in [0.1, 0.15) is 36.0 Å². The molecule has 0 radical (unpaired) electrons. The maximum absolute atomic E-state index is 11.1. The number of aliphatic hydroxyl groups excluding tert-OH is 1. The molecule has 0 amide bonds. The van der Waals surface area contributed by atoms with Gasteiger partial charge in [-0.3, -0.25) is 9.79 Å². The number of ether oxygens (including phenoxy) is 2. The minimum absolute atomic E-state index is 0.204. The first-order valence-electron chi connectivity index (χ1n) is 12.3. The summed E-state index contributed by atoms with van der Waals surface area (Å²) in [6, 6.07) is 24.0. The van der Waals surface area contributed by atoms with Gasteiger partial charge in [0.1, 0.15) is 24.0 Å². The summed E-state index contributed by atoms with van der Waals surface area (Å²) in [5.41, 5.74) is 5.33. The summed E-state index contributed by atoms with van der Waals surface area (Å²) in [6.07, 6.45) is 3.20. The van der Waals surface area contributed by atoms with Crippen molar-refractivity contribution in [2.24, 2.45) is 10.9 Å². The second-order valence-corrected chi connectivity index (χ2v) is 8.59. The second-order valence-electron chi connectivity index (χ2n) is 8.59. The zero-order valence-electron chi connectivity index (χ0n) is 21.0. The third-order valence-corrected chi connectivity index (χ3v) is 5.97. The molecule has 2 N–H and O–H groups in total. The van der Waals surface area contributed by atoms with Crippen molar-refractivity contribution in [1.29, 1.82) is 5.26 Å². The third-order valence-electron chi connectivity index (χ3n) is 5.97. The van der Waals surface area contributed by atoms with Crippen LogP contribution < -0.4 is 9.47 Å². The van der Waals surface area contributed by atoms with Crippen molar-refractivity contribution in [2.75, 3.05) is 13.2 Å². The van der Waals surface area contributed by atoms with Crippen LogP contribution in [0.25, 0.3) is 11.1 Å². The summed E-state index contributed by atoms with van der Waals surface area (Å²) in [7, 11) is 0. The number of carbonyl (C=O) groups is 1. The van der Waals surface area contributed by atoms with Crippen LogP contribution in [-0.2, 0) is 17.9 Å². The molecule has 7 heteroatoms. The summed E-state index contributed by atoms with van der Waals surface area (Å²) in [6.45, 7) is 2.61. The molecule has 0 aliphatic rings. The highest BCUT2D eigenvalue weighted by Gasteiger charge is 2.13. The van der Waals surface area contributed by atoms with Gasteiger partial charge in [0.05, 0.1) is 25.8 Å². The third kappa shape index (κ3) is 8.19. The van der Waals surface area contributed by atoms with Crippen molar-refractivity contribution < 1.29 is 24.5 Å². The van der Waals surface area contributed by atoms with Crippen LogP contribution in [0.2, 0.25) is 0 Å². The molecule has 0 aromatic heterocycles. The van der Waals surface area contributed by atoms with Gasteiger partial charge in [0.2, 0.25) is 0 Å². The fourth-order valence-electron chi connectivity index (χ4n) is 3.78. The Morgan fingerprint density at radius 1 is 1.05 bits per heavy atom. The molecule has 192 valence electrons. The Bertz CT molecular complexity index is 1230. The molecule has 0 spiro atoms. The van der Waals surface area contributed by atoms with Gasteiger partial charge in [0.25, 0.3) is 0 Å². The molecule has 0 saturated heterocycles. The first kappa shape index (κ1) is 27.4. The minimum atomic E-state index is -1.13. The topological polar surface area (TPSA) is 112 Å². The number of benzene rings is 3. The van der Waals surface area contributed by atoms with Gasteiger partial charge in [-0.15, -0.1) is 0 Å². The molecule has 3 aromatic rings. The van der Waals surface area contributed by atoms with E-state index in [1.165, 1.54) is 11.8 Å². The highest BCUT2D eigenvalue weighted by atomic mass is 16.5. The zero-order valence-corrected chi connectivity index (χ0v) is 21.0. The number of aliphatic hydroxyl groups is 1. The number of nitriles is 1. The lowest BCUT2D eigenvalue weighted by atomic mass is 9.97. The summed E-state index contributed by atoms with van der Waals surface area (Å²) < 4.78 is 12.1. The Hall–Kier alpha value is -4.15. The van der Waals surface area contributed by atoms with E-state index in [9.17, 15) is 9.90 Å². The molecule has 0 bridgehead atoms. The van der Waals surface area contributed by atoms with Crippen LogP contribution in [-0.4, -0.2) is 35.6 Å². The van der Waals surface area contributed by atoms with Crippen LogP contribution in [0.3, 0.4) is 0 Å². The number of hydrogen-bond acceptors (Lipinski definition) is 6. The standard InChI is InChI=1S/C30H32N2O5/c1-22-25(11-8-12-28(22)23-9-4-2-5-10-23)21-37-27-14-13-24(18-32-19-26(20-33)30(34)35)29(17-27)36-16-7-3-6-15-31/h2,4-5,8-14,17,19,26,33H,3,6-7,16,18,20-21H2,1H3,(H,34,35). The van der Waals surface area contributed by atoms with Crippen molar-refractivity contribution in [1.82, 2.24) is 0 Å².